The summed E-state index contributed by atoms with van der Waals surface area (Å²) in [5.74, 6) is 1.37. The molecular formula is C7H8N4S. The van der Waals surface area contributed by atoms with Crippen LogP contribution in [0.2, 0.25) is 0 Å². The molecule has 2 heterocycles. The minimum absolute atomic E-state index is 0.560. The predicted octanol–water partition coefficient (Wildman–Crippen LogP) is 0.741. The van der Waals surface area contributed by atoms with E-state index in [-0.39, 0.29) is 0 Å². The monoisotopic (exact) mass is 180 g/mol. The molecule has 2 aromatic rings. The first-order valence-electron chi connectivity index (χ1n) is 3.51. The van der Waals surface area contributed by atoms with Crippen LogP contribution in [0.25, 0.3) is 5.65 Å². The lowest BCUT2D eigenvalue weighted by Gasteiger charge is -1.96. The maximum atomic E-state index is 5.61. The van der Waals surface area contributed by atoms with Crippen molar-refractivity contribution in [3.8, 4) is 0 Å². The molecule has 0 saturated carbocycles. The van der Waals surface area contributed by atoms with Gasteiger partial charge in [-0.1, -0.05) is 0 Å². The Morgan fingerprint density at radius 1 is 1.42 bits per heavy atom. The van der Waals surface area contributed by atoms with Crippen molar-refractivity contribution >= 4 is 24.0 Å². The van der Waals surface area contributed by atoms with Crippen molar-refractivity contribution < 1.29 is 0 Å². The molecule has 2 rings (SSSR count). The zero-order valence-corrected chi connectivity index (χ0v) is 7.20. The van der Waals surface area contributed by atoms with Crippen molar-refractivity contribution in [2.75, 3.05) is 5.73 Å². The third kappa shape index (κ3) is 1.02. The van der Waals surface area contributed by atoms with E-state index in [1.54, 1.807) is 12.3 Å². The molecule has 0 radical (unpaired) electrons. The third-order valence-corrected chi connectivity index (χ3v) is 1.92. The van der Waals surface area contributed by atoms with Crippen molar-refractivity contribution in [2.24, 2.45) is 0 Å². The Morgan fingerprint density at radius 3 is 3.00 bits per heavy atom. The molecule has 0 aliphatic rings. The number of hydrogen-bond donors (Lipinski definition) is 2. The van der Waals surface area contributed by atoms with Crippen molar-refractivity contribution in [2.45, 2.75) is 5.75 Å². The quantitative estimate of drug-likeness (QED) is 0.636. The van der Waals surface area contributed by atoms with E-state index in [2.05, 4.69) is 22.8 Å². The van der Waals surface area contributed by atoms with Crippen LogP contribution in [0, 0.1) is 0 Å². The Morgan fingerprint density at radius 2 is 2.25 bits per heavy atom. The van der Waals surface area contributed by atoms with E-state index in [4.69, 9.17) is 5.73 Å². The second kappa shape index (κ2) is 2.67. The fourth-order valence-corrected chi connectivity index (χ4v) is 1.28. The number of hydrogen-bond acceptors (Lipinski definition) is 4. The van der Waals surface area contributed by atoms with Gasteiger partial charge in [0.2, 0.25) is 0 Å². The smallest absolute Gasteiger partial charge is 0.160 e. The summed E-state index contributed by atoms with van der Waals surface area (Å²) in [5.41, 5.74) is 7.10. The second-order valence-electron chi connectivity index (χ2n) is 2.46. The van der Waals surface area contributed by atoms with Gasteiger partial charge in [-0.05, 0) is 12.1 Å². The number of pyridine rings is 1. The van der Waals surface area contributed by atoms with Gasteiger partial charge < -0.3 is 5.73 Å². The maximum Gasteiger partial charge on any atom is 0.160 e. The van der Waals surface area contributed by atoms with Crippen molar-refractivity contribution in [3.05, 3.63) is 24.2 Å². The summed E-state index contributed by atoms with van der Waals surface area (Å²) in [4.78, 5) is 0. The Balaban J connectivity index is 2.75. The molecule has 0 aliphatic carbocycles. The molecule has 0 aromatic carbocycles. The van der Waals surface area contributed by atoms with Crippen LogP contribution in [-0.4, -0.2) is 14.6 Å². The lowest BCUT2D eigenvalue weighted by Crippen LogP contribution is -1.93. The fourth-order valence-electron chi connectivity index (χ4n) is 1.06. The molecule has 0 fully saturated rings. The largest absolute Gasteiger partial charge is 0.398 e. The topological polar surface area (TPSA) is 56.2 Å². The van der Waals surface area contributed by atoms with Crippen LogP contribution < -0.4 is 5.73 Å². The first-order valence-corrected chi connectivity index (χ1v) is 4.14. The molecule has 2 aromatic heterocycles. The summed E-state index contributed by atoms with van der Waals surface area (Å²) in [6.45, 7) is 0. The summed E-state index contributed by atoms with van der Waals surface area (Å²) in [5, 5.41) is 7.88. The first-order chi connectivity index (χ1) is 5.81. The van der Waals surface area contributed by atoms with Gasteiger partial charge in [-0.25, -0.2) is 0 Å². The highest BCUT2D eigenvalue weighted by Gasteiger charge is 2.01. The van der Waals surface area contributed by atoms with Crippen LogP contribution in [0.1, 0.15) is 5.82 Å². The third-order valence-electron chi connectivity index (χ3n) is 1.64. The normalized spacial score (nSPS) is 10.8. The van der Waals surface area contributed by atoms with Gasteiger partial charge in [-0.15, -0.1) is 10.2 Å². The second-order valence-corrected chi connectivity index (χ2v) is 2.78. The molecule has 0 unspecified atom stereocenters. The van der Waals surface area contributed by atoms with Gasteiger partial charge in [0.25, 0.3) is 0 Å². The highest BCUT2D eigenvalue weighted by atomic mass is 32.1. The lowest BCUT2D eigenvalue weighted by molar-refractivity contribution is 0.994. The van der Waals surface area contributed by atoms with Gasteiger partial charge in [-0.2, -0.15) is 12.6 Å². The summed E-state index contributed by atoms with van der Waals surface area (Å²) >= 11 is 4.12. The average molecular weight is 180 g/mol. The van der Waals surface area contributed by atoms with Gasteiger partial charge in [0.05, 0.1) is 5.75 Å². The van der Waals surface area contributed by atoms with Gasteiger partial charge in [-0.3, -0.25) is 4.40 Å². The molecule has 2 N–H and O–H groups in total. The van der Waals surface area contributed by atoms with E-state index < -0.39 is 0 Å². The molecule has 12 heavy (non-hydrogen) atoms. The molecule has 0 aliphatic heterocycles. The van der Waals surface area contributed by atoms with Gasteiger partial charge >= 0.3 is 0 Å². The zero-order valence-electron chi connectivity index (χ0n) is 6.31. The minimum Gasteiger partial charge on any atom is -0.398 e. The standard InChI is InChI=1S/C7H8N4S/c8-5-1-2-6-9-10-7(4-12)11(6)3-5/h1-3,12H,4,8H2. The van der Waals surface area contributed by atoms with E-state index in [9.17, 15) is 0 Å². The fraction of sp³-hybridized carbons (Fsp3) is 0.143. The molecule has 0 bridgehead atoms. The SMILES string of the molecule is Nc1ccc2nnc(CS)n2c1. The highest BCUT2D eigenvalue weighted by Crippen LogP contribution is 2.08. The molecular weight excluding hydrogens is 172 g/mol. The van der Waals surface area contributed by atoms with Crippen LogP contribution >= 0.6 is 12.6 Å². The van der Waals surface area contributed by atoms with E-state index in [0.717, 1.165) is 11.5 Å². The van der Waals surface area contributed by atoms with Crippen LogP contribution in [0.4, 0.5) is 5.69 Å². The molecule has 62 valence electrons. The van der Waals surface area contributed by atoms with Crippen LogP contribution in [-0.2, 0) is 5.75 Å². The van der Waals surface area contributed by atoms with Gasteiger partial charge in [0.1, 0.15) is 5.82 Å². The molecule has 0 amide bonds. The maximum absolute atomic E-state index is 5.61. The van der Waals surface area contributed by atoms with Crippen LogP contribution in [0.15, 0.2) is 18.3 Å². The van der Waals surface area contributed by atoms with Crippen molar-refractivity contribution in [1.82, 2.24) is 14.6 Å². The Hall–Kier alpha value is -1.23. The summed E-state index contributed by atoms with van der Waals surface area (Å²) in [7, 11) is 0. The number of nitrogens with two attached hydrogens (primary N) is 1. The molecule has 4 nitrogen and oxygen atoms in total. The van der Waals surface area contributed by atoms with E-state index in [1.807, 2.05) is 10.5 Å². The Bertz CT molecular complexity index is 409. The minimum atomic E-state index is 0.560. The van der Waals surface area contributed by atoms with E-state index in [0.29, 0.717) is 11.4 Å². The van der Waals surface area contributed by atoms with Crippen molar-refractivity contribution in [3.63, 3.8) is 0 Å². The van der Waals surface area contributed by atoms with E-state index in [1.165, 1.54) is 0 Å². The molecule has 5 heteroatoms. The Kier molecular flexibility index (Phi) is 1.65. The average Bonchev–Trinajstić information content (AvgIpc) is 2.46. The number of fused-ring (bicyclic) bond motifs is 1. The van der Waals surface area contributed by atoms with Crippen molar-refractivity contribution in [1.29, 1.82) is 0 Å². The Labute approximate surface area is 74.8 Å². The van der Waals surface area contributed by atoms with Gasteiger partial charge in [0.15, 0.2) is 5.65 Å². The summed E-state index contributed by atoms with van der Waals surface area (Å²) in [6, 6.07) is 3.63. The van der Waals surface area contributed by atoms with E-state index >= 15 is 0 Å². The number of nitrogen functional groups attached to an aromatic ring is 1. The van der Waals surface area contributed by atoms with Crippen LogP contribution in [0.3, 0.4) is 0 Å². The van der Waals surface area contributed by atoms with Crippen LogP contribution in [0.5, 0.6) is 0 Å². The predicted molar refractivity (Wildman–Crippen MR) is 50.1 cm³/mol. The number of anilines is 1. The molecule has 0 saturated heterocycles. The number of aromatic nitrogens is 3. The lowest BCUT2D eigenvalue weighted by atomic mass is 10.4. The highest BCUT2D eigenvalue weighted by molar-refractivity contribution is 7.79. The summed E-state index contributed by atoms with van der Waals surface area (Å²) < 4.78 is 1.84. The van der Waals surface area contributed by atoms with Gasteiger partial charge in [0, 0.05) is 11.9 Å². The molecule has 0 atom stereocenters. The zero-order chi connectivity index (χ0) is 8.55. The summed E-state index contributed by atoms with van der Waals surface area (Å²) in [6.07, 6.45) is 1.79. The first kappa shape index (κ1) is 7.42. The number of nitrogens with zero attached hydrogens (tertiary/aromatic N) is 3. The number of rotatable bonds is 1. The number of thiol groups is 1. The molecule has 0 spiro atoms.